The Morgan fingerprint density at radius 2 is 2.00 bits per heavy atom. The van der Waals surface area contributed by atoms with Gasteiger partial charge in [0.05, 0.1) is 11.3 Å². The lowest BCUT2D eigenvalue weighted by Crippen LogP contribution is -2.15. The minimum Gasteiger partial charge on any atom is -0.478 e. The number of hydrogen-bond acceptors (Lipinski definition) is 4. The van der Waals surface area contributed by atoms with Gasteiger partial charge in [0.1, 0.15) is 9.84 Å². The van der Waals surface area contributed by atoms with Gasteiger partial charge in [-0.3, -0.25) is 0 Å². The summed E-state index contributed by atoms with van der Waals surface area (Å²) in [6.07, 6.45) is 1.14. The van der Waals surface area contributed by atoms with Crippen LogP contribution in [0.25, 0.3) is 0 Å². The van der Waals surface area contributed by atoms with Crippen molar-refractivity contribution in [2.75, 3.05) is 23.9 Å². The van der Waals surface area contributed by atoms with Gasteiger partial charge in [-0.05, 0) is 12.1 Å². The highest BCUT2D eigenvalue weighted by Gasteiger charge is 2.09. The van der Waals surface area contributed by atoms with Gasteiger partial charge in [0.25, 0.3) is 0 Å². The van der Waals surface area contributed by atoms with E-state index in [2.05, 4.69) is 5.32 Å². The summed E-state index contributed by atoms with van der Waals surface area (Å²) in [5, 5.41) is 11.7. The summed E-state index contributed by atoms with van der Waals surface area (Å²) in [7, 11) is -3.04. The average molecular weight is 243 g/mol. The molecule has 0 amide bonds. The number of carboxylic acid groups (broad SMARTS) is 1. The number of hydrogen-bond donors (Lipinski definition) is 2. The van der Waals surface area contributed by atoms with Gasteiger partial charge in [-0.2, -0.15) is 0 Å². The third-order valence-corrected chi connectivity index (χ3v) is 2.89. The number of carbonyl (C=O) groups is 1. The van der Waals surface area contributed by atoms with Crippen LogP contribution in [-0.4, -0.2) is 38.0 Å². The first kappa shape index (κ1) is 12.5. The largest absolute Gasteiger partial charge is 0.478 e. The Kier molecular flexibility index (Phi) is 3.89. The van der Waals surface area contributed by atoms with E-state index >= 15 is 0 Å². The first-order chi connectivity index (χ1) is 7.40. The lowest BCUT2D eigenvalue weighted by Gasteiger charge is -2.08. The zero-order valence-electron chi connectivity index (χ0n) is 8.80. The molecule has 0 heterocycles. The average Bonchev–Trinajstić information content (AvgIpc) is 2.16. The number of rotatable bonds is 5. The van der Waals surface area contributed by atoms with Crippen LogP contribution in [-0.2, 0) is 9.84 Å². The maximum Gasteiger partial charge on any atom is 0.337 e. The second kappa shape index (κ2) is 4.98. The van der Waals surface area contributed by atoms with E-state index in [-0.39, 0.29) is 17.9 Å². The van der Waals surface area contributed by atoms with Crippen LogP contribution >= 0.6 is 0 Å². The van der Waals surface area contributed by atoms with Crippen LogP contribution in [0, 0.1) is 0 Å². The lowest BCUT2D eigenvalue weighted by atomic mass is 10.2. The molecule has 1 aromatic rings. The number of benzene rings is 1. The van der Waals surface area contributed by atoms with Gasteiger partial charge in [-0.15, -0.1) is 0 Å². The van der Waals surface area contributed by atoms with Crippen molar-refractivity contribution in [3.05, 3.63) is 29.8 Å². The summed E-state index contributed by atoms with van der Waals surface area (Å²) in [5.41, 5.74) is 0.564. The summed E-state index contributed by atoms with van der Waals surface area (Å²) in [4.78, 5) is 10.8. The molecule has 1 aromatic carbocycles. The normalized spacial score (nSPS) is 11.1. The van der Waals surface area contributed by atoms with E-state index < -0.39 is 15.8 Å². The molecular weight excluding hydrogens is 230 g/mol. The molecule has 0 bridgehead atoms. The molecule has 1 rings (SSSR count). The van der Waals surface area contributed by atoms with E-state index in [0.29, 0.717) is 5.69 Å². The molecule has 2 N–H and O–H groups in total. The van der Waals surface area contributed by atoms with Crippen molar-refractivity contribution in [1.29, 1.82) is 0 Å². The van der Waals surface area contributed by atoms with Crippen molar-refractivity contribution in [2.45, 2.75) is 0 Å². The molecule has 0 radical (unpaired) electrons. The summed E-state index contributed by atoms with van der Waals surface area (Å²) in [6, 6.07) is 6.37. The number of anilines is 1. The number of sulfone groups is 1. The van der Waals surface area contributed by atoms with Crippen molar-refractivity contribution < 1.29 is 18.3 Å². The fourth-order valence-corrected chi connectivity index (χ4v) is 1.67. The maximum absolute atomic E-state index is 10.9. The molecule has 0 saturated carbocycles. The predicted octanol–water partition coefficient (Wildman–Crippen LogP) is 0.841. The van der Waals surface area contributed by atoms with Crippen molar-refractivity contribution in [3.8, 4) is 0 Å². The molecule has 0 atom stereocenters. The molecule has 0 unspecified atom stereocenters. The fourth-order valence-electron chi connectivity index (χ4n) is 1.19. The predicted molar refractivity (Wildman–Crippen MR) is 61.6 cm³/mol. The van der Waals surface area contributed by atoms with Gasteiger partial charge in [-0.25, -0.2) is 13.2 Å². The van der Waals surface area contributed by atoms with Crippen molar-refractivity contribution in [1.82, 2.24) is 0 Å². The number of para-hydroxylation sites is 1. The molecule has 0 fully saturated rings. The van der Waals surface area contributed by atoms with E-state index in [9.17, 15) is 13.2 Å². The van der Waals surface area contributed by atoms with Crippen molar-refractivity contribution >= 4 is 21.5 Å². The third kappa shape index (κ3) is 3.90. The Hall–Kier alpha value is -1.56. The standard InChI is InChI=1S/C10H13NO4S/c1-16(14,15)7-6-11-9-5-3-2-4-8(9)10(12)13/h2-5,11H,6-7H2,1H3,(H,12,13). The van der Waals surface area contributed by atoms with Crippen molar-refractivity contribution in [3.63, 3.8) is 0 Å². The summed E-state index contributed by atoms with van der Waals surface area (Å²) < 4.78 is 21.8. The zero-order valence-corrected chi connectivity index (χ0v) is 9.62. The molecule has 88 valence electrons. The van der Waals surface area contributed by atoms with Crippen LogP contribution in [0.5, 0.6) is 0 Å². The van der Waals surface area contributed by atoms with Gasteiger partial charge >= 0.3 is 5.97 Å². The molecule has 5 nitrogen and oxygen atoms in total. The number of carboxylic acids is 1. The van der Waals surface area contributed by atoms with E-state index in [1.54, 1.807) is 18.2 Å². The highest BCUT2D eigenvalue weighted by atomic mass is 32.2. The van der Waals surface area contributed by atoms with Crippen LogP contribution in [0.15, 0.2) is 24.3 Å². The topological polar surface area (TPSA) is 83.5 Å². The molecule has 0 aromatic heterocycles. The van der Waals surface area contributed by atoms with Crippen molar-refractivity contribution in [2.24, 2.45) is 0 Å². The highest BCUT2D eigenvalue weighted by molar-refractivity contribution is 7.90. The Balaban J connectivity index is 2.71. The fraction of sp³-hybridized carbons (Fsp3) is 0.300. The van der Waals surface area contributed by atoms with Gasteiger partial charge in [0, 0.05) is 18.5 Å². The molecule has 0 aliphatic carbocycles. The van der Waals surface area contributed by atoms with Gasteiger partial charge < -0.3 is 10.4 Å². The zero-order chi connectivity index (χ0) is 12.2. The first-order valence-corrected chi connectivity index (χ1v) is 6.70. The van der Waals surface area contributed by atoms with Gasteiger partial charge in [-0.1, -0.05) is 12.1 Å². The second-order valence-corrected chi connectivity index (χ2v) is 5.67. The molecular formula is C10H13NO4S. The molecule has 16 heavy (non-hydrogen) atoms. The van der Waals surface area contributed by atoms with Crippen LogP contribution < -0.4 is 5.32 Å². The highest BCUT2D eigenvalue weighted by Crippen LogP contribution is 2.14. The third-order valence-electron chi connectivity index (χ3n) is 1.95. The van der Waals surface area contributed by atoms with Crippen LogP contribution in [0.2, 0.25) is 0 Å². The summed E-state index contributed by atoms with van der Waals surface area (Å²) in [6.45, 7) is 0.198. The number of aromatic carboxylic acids is 1. The Morgan fingerprint density at radius 3 is 2.56 bits per heavy atom. The maximum atomic E-state index is 10.9. The molecule has 0 aliphatic heterocycles. The van der Waals surface area contributed by atoms with E-state index in [0.717, 1.165) is 6.26 Å². The molecule has 0 spiro atoms. The SMILES string of the molecule is CS(=O)(=O)CCNc1ccccc1C(=O)O. The van der Waals surface area contributed by atoms with E-state index in [1.165, 1.54) is 6.07 Å². The Morgan fingerprint density at radius 1 is 1.38 bits per heavy atom. The minimum atomic E-state index is -3.04. The monoisotopic (exact) mass is 243 g/mol. The van der Waals surface area contributed by atoms with E-state index in [4.69, 9.17) is 5.11 Å². The smallest absolute Gasteiger partial charge is 0.337 e. The van der Waals surface area contributed by atoms with Crippen LogP contribution in [0.3, 0.4) is 0 Å². The molecule has 0 saturated heterocycles. The summed E-state index contributed by atoms with van der Waals surface area (Å²) >= 11 is 0. The minimum absolute atomic E-state index is 0.0268. The van der Waals surface area contributed by atoms with Crippen LogP contribution in [0.1, 0.15) is 10.4 Å². The Labute approximate surface area is 94.0 Å². The molecule has 0 aliphatic rings. The Bertz CT molecular complexity index is 481. The lowest BCUT2D eigenvalue weighted by molar-refractivity contribution is 0.0698. The number of nitrogens with one attached hydrogen (secondary N) is 1. The van der Waals surface area contributed by atoms with Gasteiger partial charge in [0.2, 0.25) is 0 Å². The molecule has 6 heteroatoms. The second-order valence-electron chi connectivity index (χ2n) is 3.41. The quantitative estimate of drug-likeness (QED) is 0.800. The van der Waals surface area contributed by atoms with Crippen LogP contribution in [0.4, 0.5) is 5.69 Å². The van der Waals surface area contributed by atoms with E-state index in [1.807, 2.05) is 0 Å². The summed E-state index contributed by atoms with van der Waals surface area (Å²) in [5.74, 6) is -1.07. The first-order valence-electron chi connectivity index (χ1n) is 4.64. The van der Waals surface area contributed by atoms with Gasteiger partial charge in [0.15, 0.2) is 0 Å².